The molecule has 0 saturated carbocycles. The highest BCUT2D eigenvalue weighted by molar-refractivity contribution is 7.88. The predicted octanol–water partition coefficient (Wildman–Crippen LogP) is 2.76. The second kappa shape index (κ2) is 7.40. The maximum atomic E-state index is 12.7. The van der Waals surface area contributed by atoms with Crippen LogP contribution in [-0.4, -0.2) is 33.5 Å². The van der Waals surface area contributed by atoms with Gasteiger partial charge in [0.25, 0.3) is 0 Å². The van der Waals surface area contributed by atoms with Gasteiger partial charge >= 0.3 is 15.6 Å². The number of ether oxygens (including phenoxy) is 1. The number of carbonyl (C=O) groups is 1. The van der Waals surface area contributed by atoms with Gasteiger partial charge in [-0.25, -0.2) is 0 Å². The zero-order chi connectivity index (χ0) is 19.5. The van der Waals surface area contributed by atoms with Crippen molar-refractivity contribution in [3.63, 3.8) is 0 Å². The van der Waals surface area contributed by atoms with E-state index in [1.54, 1.807) is 24.3 Å². The summed E-state index contributed by atoms with van der Waals surface area (Å²) in [4.78, 5) is 11.0. The fourth-order valence-corrected chi connectivity index (χ4v) is 2.86. The van der Waals surface area contributed by atoms with Crippen molar-refractivity contribution >= 4 is 26.8 Å². The lowest BCUT2D eigenvalue weighted by atomic mass is 10.0. The molecule has 26 heavy (non-hydrogen) atoms. The molecule has 0 radical (unpaired) electrons. The Kier molecular flexibility index (Phi) is 5.65. The molecule has 0 aromatic heterocycles. The number of rotatable bonds is 6. The van der Waals surface area contributed by atoms with Crippen LogP contribution in [0.25, 0.3) is 10.8 Å². The van der Waals surface area contributed by atoms with Crippen molar-refractivity contribution < 1.29 is 35.3 Å². The van der Waals surface area contributed by atoms with Crippen molar-refractivity contribution in [2.45, 2.75) is 18.9 Å². The first-order valence-corrected chi connectivity index (χ1v) is 8.81. The van der Waals surface area contributed by atoms with Crippen LogP contribution in [0.15, 0.2) is 30.3 Å². The van der Waals surface area contributed by atoms with Gasteiger partial charge in [0, 0.05) is 18.9 Å². The Bertz CT molecular complexity index is 925. The molecule has 6 nitrogen and oxygen atoms in total. The average molecular weight is 391 g/mol. The number of amides is 1. The molecule has 1 amide bonds. The van der Waals surface area contributed by atoms with Gasteiger partial charge in [-0.2, -0.15) is 21.6 Å². The van der Waals surface area contributed by atoms with Crippen molar-refractivity contribution in [3.05, 3.63) is 35.9 Å². The van der Waals surface area contributed by atoms with Crippen LogP contribution in [0.2, 0.25) is 0 Å². The highest BCUT2D eigenvalue weighted by Gasteiger charge is 2.49. The first-order valence-electron chi connectivity index (χ1n) is 7.40. The van der Waals surface area contributed by atoms with Crippen molar-refractivity contribution in [3.8, 4) is 11.5 Å². The molecule has 0 heterocycles. The summed E-state index contributed by atoms with van der Waals surface area (Å²) in [7, 11) is -4.69. The SMILES string of the molecule is COc1ccc2cccc(CCNC(C)=O)c2c1OS(=O)(=O)C(F)(F)F. The Morgan fingerprint density at radius 2 is 1.88 bits per heavy atom. The second-order valence-corrected chi connectivity index (χ2v) is 6.87. The van der Waals surface area contributed by atoms with Crippen molar-refractivity contribution in [2.24, 2.45) is 0 Å². The Balaban J connectivity index is 2.60. The molecule has 0 aliphatic rings. The lowest BCUT2D eigenvalue weighted by molar-refractivity contribution is -0.118. The number of alkyl halides is 3. The van der Waals surface area contributed by atoms with Gasteiger partial charge in [0.2, 0.25) is 5.91 Å². The smallest absolute Gasteiger partial charge is 0.493 e. The van der Waals surface area contributed by atoms with Crippen LogP contribution in [0.1, 0.15) is 12.5 Å². The number of halogens is 3. The summed E-state index contributed by atoms with van der Waals surface area (Å²) in [6, 6.07) is 7.77. The third-order valence-electron chi connectivity index (χ3n) is 3.51. The minimum absolute atomic E-state index is 0.155. The van der Waals surface area contributed by atoms with Crippen LogP contribution in [-0.2, 0) is 21.3 Å². The molecule has 0 aliphatic carbocycles. The van der Waals surface area contributed by atoms with Gasteiger partial charge in [0.15, 0.2) is 11.5 Å². The molecule has 1 N–H and O–H groups in total. The number of benzene rings is 2. The molecule has 0 saturated heterocycles. The molecule has 0 unspecified atom stereocenters. The summed E-state index contributed by atoms with van der Waals surface area (Å²) in [5.41, 5.74) is -5.08. The molecule has 0 bridgehead atoms. The molecule has 2 aromatic carbocycles. The molecule has 0 fully saturated rings. The van der Waals surface area contributed by atoms with Gasteiger partial charge in [0.05, 0.1) is 7.11 Å². The highest BCUT2D eigenvalue weighted by atomic mass is 32.2. The van der Waals surface area contributed by atoms with Crippen LogP contribution in [0.3, 0.4) is 0 Å². The summed E-state index contributed by atoms with van der Waals surface area (Å²) < 4.78 is 70.6. The molecular formula is C16H16F3NO5S. The Morgan fingerprint density at radius 3 is 2.46 bits per heavy atom. The molecule has 142 valence electrons. The molecule has 0 spiro atoms. The maximum absolute atomic E-state index is 12.7. The minimum Gasteiger partial charge on any atom is -0.493 e. The fourth-order valence-electron chi connectivity index (χ4n) is 2.38. The van der Waals surface area contributed by atoms with E-state index < -0.39 is 21.4 Å². The second-order valence-electron chi connectivity index (χ2n) is 5.33. The van der Waals surface area contributed by atoms with Gasteiger partial charge in [-0.1, -0.05) is 24.3 Å². The highest BCUT2D eigenvalue weighted by Crippen LogP contribution is 2.40. The van der Waals surface area contributed by atoms with Crippen LogP contribution >= 0.6 is 0 Å². The summed E-state index contributed by atoms with van der Waals surface area (Å²) in [5, 5.41) is 3.21. The lowest BCUT2D eigenvalue weighted by Gasteiger charge is -2.16. The van der Waals surface area contributed by atoms with Crippen molar-refractivity contribution in [1.82, 2.24) is 5.32 Å². The van der Waals surface area contributed by atoms with Crippen molar-refractivity contribution in [2.75, 3.05) is 13.7 Å². The van der Waals surface area contributed by atoms with E-state index in [2.05, 4.69) is 9.50 Å². The Hall–Kier alpha value is -2.49. The summed E-state index contributed by atoms with van der Waals surface area (Å²) >= 11 is 0. The summed E-state index contributed by atoms with van der Waals surface area (Å²) in [5.74, 6) is -0.961. The third-order valence-corrected chi connectivity index (χ3v) is 4.47. The normalized spacial score (nSPS) is 12.0. The van der Waals surface area contributed by atoms with Gasteiger partial charge in [0.1, 0.15) is 0 Å². The van der Waals surface area contributed by atoms with Gasteiger partial charge in [-0.15, -0.1) is 0 Å². The van der Waals surface area contributed by atoms with E-state index in [-0.39, 0.29) is 30.0 Å². The number of fused-ring (bicyclic) bond motifs is 1. The van der Waals surface area contributed by atoms with E-state index in [0.29, 0.717) is 10.9 Å². The number of carbonyl (C=O) groups excluding carboxylic acids is 1. The van der Waals surface area contributed by atoms with E-state index in [4.69, 9.17) is 4.74 Å². The van der Waals surface area contributed by atoms with Crippen LogP contribution < -0.4 is 14.2 Å². The zero-order valence-electron chi connectivity index (χ0n) is 13.9. The Morgan fingerprint density at radius 1 is 1.19 bits per heavy atom. The quantitative estimate of drug-likeness (QED) is 0.605. The van der Waals surface area contributed by atoms with Crippen LogP contribution in [0.5, 0.6) is 11.5 Å². The first kappa shape index (κ1) is 19.8. The number of nitrogens with one attached hydrogen (secondary N) is 1. The first-order chi connectivity index (χ1) is 12.1. The van der Waals surface area contributed by atoms with E-state index in [1.807, 2.05) is 0 Å². The van der Waals surface area contributed by atoms with Gasteiger partial charge < -0.3 is 14.2 Å². The Labute approximate surface area is 148 Å². The largest absolute Gasteiger partial charge is 0.534 e. The summed E-state index contributed by atoms with van der Waals surface area (Å²) in [6.07, 6.45) is 0.256. The van der Waals surface area contributed by atoms with E-state index >= 15 is 0 Å². The van der Waals surface area contributed by atoms with Gasteiger partial charge in [-0.05, 0) is 23.4 Å². The summed E-state index contributed by atoms with van der Waals surface area (Å²) in [6.45, 7) is 1.55. The average Bonchev–Trinajstić information content (AvgIpc) is 2.53. The van der Waals surface area contributed by atoms with Crippen LogP contribution in [0.4, 0.5) is 13.2 Å². The van der Waals surface area contributed by atoms with Crippen LogP contribution in [0, 0.1) is 0 Å². The molecule has 10 heteroatoms. The fraction of sp³-hybridized carbons (Fsp3) is 0.312. The van der Waals surface area contributed by atoms with E-state index in [0.717, 1.165) is 0 Å². The standard InChI is InChI=1S/C16H16F3NO5S/c1-10(21)20-9-8-12-5-3-4-11-6-7-13(24-2)15(14(11)12)25-26(22,23)16(17,18)19/h3-7H,8-9H2,1-2H3,(H,20,21). The molecule has 0 aliphatic heterocycles. The molecule has 2 rings (SSSR count). The number of hydrogen-bond acceptors (Lipinski definition) is 5. The predicted molar refractivity (Wildman–Crippen MR) is 88.5 cm³/mol. The topological polar surface area (TPSA) is 81.7 Å². The maximum Gasteiger partial charge on any atom is 0.534 e. The molecule has 0 atom stereocenters. The number of methoxy groups -OCH3 is 1. The van der Waals surface area contributed by atoms with Gasteiger partial charge in [-0.3, -0.25) is 4.79 Å². The molecule has 2 aromatic rings. The van der Waals surface area contributed by atoms with E-state index in [9.17, 15) is 26.4 Å². The minimum atomic E-state index is -5.88. The third kappa shape index (κ3) is 4.18. The van der Waals surface area contributed by atoms with E-state index in [1.165, 1.54) is 20.1 Å². The number of hydrogen-bond donors (Lipinski definition) is 1. The lowest BCUT2D eigenvalue weighted by Crippen LogP contribution is -2.28. The van der Waals surface area contributed by atoms with Crippen molar-refractivity contribution in [1.29, 1.82) is 0 Å². The monoisotopic (exact) mass is 391 g/mol. The molecular weight excluding hydrogens is 375 g/mol. The zero-order valence-corrected chi connectivity index (χ0v) is 14.7.